The first-order valence-electron chi connectivity index (χ1n) is 7.72. The molecule has 1 aliphatic heterocycles. The fourth-order valence-corrected chi connectivity index (χ4v) is 4.09. The standard InChI is InChI=1S/C18H12Cl2N2O4S/c1-25-10-2-3-11-13(6-10)18(23,17-21-4-5-27-17)26-16(11)7-12-14(19)8-22(24)9-15(12)20/h2-9,23H,1H3/b16-7-. The van der Waals surface area contributed by atoms with Crippen LogP contribution in [0.1, 0.15) is 21.7 Å². The van der Waals surface area contributed by atoms with E-state index in [9.17, 15) is 10.3 Å². The van der Waals surface area contributed by atoms with Crippen molar-refractivity contribution >= 4 is 46.4 Å². The molecular formula is C18H12Cl2N2O4S. The molecule has 0 saturated carbocycles. The summed E-state index contributed by atoms with van der Waals surface area (Å²) >= 11 is 13.6. The SMILES string of the molecule is COc1ccc2c(c1)C(O)(c1nccs1)O/C2=C\c1c(Cl)c[n+]([O-])cc1Cl. The Morgan fingerprint density at radius 2 is 2.07 bits per heavy atom. The van der Waals surface area contributed by atoms with Crippen molar-refractivity contribution in [3.8, 4) is 5.75 Å². The lowest BCUT2D eigenvalue weighted by molar-refractivity contribution is -0.605. The van der Waals surface area contributed by atoms with E-state index in [0.717, 1.165) is 0 Å². The largest absolute Gasteiger partial charge is 0.619 e. The zero-order valence-corrected chi connectivity index (χ0v) is 16.2. The fraction of sp³-hybridized carbons (Fsp3) is 0.111. The second kappa shape index (κ2) is 6.69. The minimum absolute atomic E-state index is 0.161. The average Bonchev–Trinajstić information content (AvgIpc) is 3.26. The molecule has 3 heterocycles. The Kier molecular flexibility index (Phi) is 4.47. The topological polar surface area (TPSA) is 78.5 Å². The van der Waals surface area contributed by atoms with E-state index in [1.807, 2.05) is 0 Å². The molecular weight excluding hydrogens is 411 g/mol. The predicted octanol–water partition coefficient (Wildman–Crippen LogP) is 3.81. The van der Waals surface area contributed by atoms with Gasteiger partial charge in [0.25, 0.3) is 5.79 Å². The van der Waals surface area contributed by atoms with Crippen LogP contribution in [0.15, 0.2) is 42.2 Å². The molecule has 9 heteroatoms. The van der Waals surface area contributed by atoms with Crippen LogP contribution in [0.3, 0.4) is 0 Å². The molecule has 2 aromatic heterocycles. The van der Waals surface area contributed by atoms with Crippen molar-refractivity contribution in [2.24, 2.45) is 0 Å². The number of hydrogen-bond acceptors (Lipinski definition) is 6. The van der Waals surface area contributed by atoms with E-state index in [1.165, 1.54) is 23.7 Å². The maximum absolute atomic E-state index is 11.5. The van der Waals surface area contributed by atoms with Crippen molar-refractivity contribution in [3.63, 3.8) is 0 Å². The summed E-state index contributed by atoms with van der Waals surface area (Å²) in [6.07, 6.45) is 5.55. The number of aliphatic hydroxyl groups is 1. The summed E-state index contributed by atoms with van der Waals surface area (Å²) in [5.41, 5.74) is 1.54. The van der Waals surface area contributed by atoms with E-state index < -0.39 is 5.79 Å². The van der Waals surface area contributed by atoms with E-state index in [0.29, 0.717) is 37.9 Å². The van der Waals surface area contributed by atoms with Crippen LogP contribution in [0, 0.1) is 5.21 Å². The van der Waals surface area contributed by atoms with E-state index in [-0.39, 0.29) is 10.0 Å². The number of hydrogen-bond donors (Lipinski definition) is 1. The number of benzene rings is 1. The maximum Gasteiger partial charge on any atom is 0.289 e. The number of nitrogens with zero attached hydrogens (tertiary/aromatic N) is 2. The van der Waals surface area contributed by atoms with Crippen molar-refractivity contribution < 1.29 is 19.3 Å². The Balaban J connectivity index is 1.91. The molecule has 0 amide bonds. The van der Waals surface area contributed by atoms with Crippen LogP contribution < -0.4 is 9.47 Å². The fourth-order valence-electron chi connectivity index (χ4n) is 2.85. The Morgan fingerprint density at radius 1 is 1.33 bits per heavy atom. The highest BCUT2D eigenvalue weighted by Crippen LogP contribution is 2.48. The summed E-state index contributed by atoms with van der Waals surface area (Å²) in [5, 5.41) is 25.2. The summed E-state index contributed by atoms with van der Waals surface area (Å²) in [6, 6.07) is 5.21. The molecule has 6 nitrogen and oxygen atoms in total. The number of thiazole rings is 1. The first-order valence-corrected chi connectivity index (χ1v) is 9.35. The molecule has 0 bridgehead atoms. The summed E-state index contributed by atoms with van der Waals surface area (Å²) in [6.45, 7) is 0. The number of ether oxygens (including phenoxy) is 2. The first kappa shape index (κ1) is 18.1. The lowest BCUT2D eigenvalue weighted by Gasteiger charge is -2.21. The summed E-state index contributed by atoms with van der Waals surface area (Å²) in [4.78, 5) is 4.19. The molecule has 4 rings (SSSR count). The zero-order chi connectivity index (χ0) is 19.2. The molecule has 1 atom stereocenters. The number of halogens is 2. The Labute approximate surface area is 168 Å². The van der Waals surface area contributed by atoms with Gasteiger partial charge in [-0.2, -0.15) is 4.73 Å². The molecule has 0 fully saturated rings. The second-order valence-corrected chi connectivity index (χ2v) is 7.44. The summed E-state index contributed by atoms with van der Waals surface area (Å²) in [5.74, 6) is -0.856. The lowest BCUT2D eigenvalue weighted by Crippen LogP contribution is -2.26. The van der Waals surface area contributed by atoms with Crippen molar-refractivity contribution in [3.05, 3.63) is 79.1 Å². The van der Waals surface area contributed by atoms with Gasteiger partial charge in [0, 0.05) is 28.3 Å². The quantitative estimate of drug-likeness (QED) is 0.512. The lowest BCUT2D eigenvalue weighted by atomic mass is 10.0. The van der Waals surface area contributed by atoms with Gasteiger partial charge in [0.15, 0.2) is 17.4 Å². The van der Waals surface area contributed by atoms with Gasteiger partial charge in [-0.3, -0.25) is 0 Å². The number of aromatic nitrogens is 2. The highest BCUT2D eigenvalue weighted by Gasteiger charge is 2.46. The Hall–Kier alpha value is -2.32. The molecule has 1 aliphatic rings. The number of fused-ring (bicyclic) bond motifs is 1. The van der Waals surface area contributed by atoms with Crippen LogP contribution in [-0.2, 0) is 10.5 Å². The monoisotopic (exact) mass is 422 g/mol. The highest BCUT2D eigenvalue weighted by atomic mass is 35.5. The van der Waals surface area contributed by atoms with Crippen molar-refractivity contribution in [1.29, 1.82) is 0 Å². The van der Waals surface area contributed by atoms with Gasteiger partial charge in [0.2, 0.25) is 0 Å². The summed E-state index contributed by atoms with van der Waals surface area (Å²) < 4.78 is 11.7. The van der Waals surface area contributed by atoms with Crippen LogP contribution >= 0.6 is 34.5 Å². The Bertz CT molecular complexity index is 1030. The van der Waals surface area contributed by atoms with Crippen LogP contribution in [0.5, 0.6) is 5.75 Å². The van der Waals surface area contributed by atoms with Crippen molar-refractivity contribution in [2.45, 2.75) is 5.79 Å². The van der Waals surface area contributed by atoms with Crippen LogP contribution in [0.4, 0.5) is 0 Å². The van der Waals surface area contributed by atoms with E-state index >= 15 is 0 Å². The van der Waals surface area contributed by atoms with E-state index in [4.69, 9.17) is 32.7 Å². The van der Waals surface area contributed by atoms with Crippen LogP contribution in [-0.4, -0.2) is 17.2 Å². The highest BCUT2D eigenvalue weighted by molar-refractivity contribution is 7.09. The zero-order valence-electron chi connectivity index (χ0n) is 13.8. The molecule has 138 valence electrons. The van der Waals surface area contributed by atoms with Gasteiger partial charge < -0.3 is 19.8 Å². The number of rotatable bonds is 3. The molecule has 27 heavy (non-hydrogen) atoms. The van der Waals surface area contributed by atoms with Gasteiger partial charge in [-0.25, -0.2) is 4.98 Å². The van der Waals surface area contributed by atoms with Gasteiger partial charge in [-0.15, -0.1) is 11.3 Å². The van der Waals surface area contributed by atoms with Gasteiger partial charge in [-0.1, -0.05) is 23.2 Å². The third-order valence-corrected chi connectivity index (χ3v) is 5.57. The average molecular weight is 423 g/mol. The van der Waals surface area contributed by atoms with Crippen LogP contribution in [0.2, 0.25) is 10.0 Å². The minimum Gasteiger partial charge on any atom is -0.619 e. The van der Waals surface area contributed by atoms with E-state index in [2.05, 4.69) is 4.98 Å². The normalized spacial score (nSPS) is 19.8. The third-order valence-electron chi connectivity index (χ3n) is 4.11. The second-order valence-electron chi connectivity index (χ2n) is 5.73. The molecule has 0 spiro atoms. The van der Waals surface area contributed by atoms with Crippen molar-refractivity contribution in [1.82, 2.24) is 4.98 Å². The summed E-state index contributed by atoms with van der Waals surface area (Å²) in [7, 11) is 1.54. The minimum atomic E-state index is -1.77. The molecule has 0 aliphatic carbocycles. The first-order chi connectivity index (χ1) is 12.9. The number of pyridine rings is 1. The molecule has 0 radical (unpaired) electrons. The van der Waals surface area contributed by atoms with Gasteiger partial charge >= 0.3 is 0 Å². The molecule has 1 aromatic carbocycles. The van der Waals surface area contributed by atoms with Crippen molar-refractivity contribution in [2.75, 3.05) is 7.11 Å². The predicted molar refractivity (Wildman–Crippen MR) is 102 cm³/mol. The molecule has 0 saturated heterocycles. The number of methoxy groups -OCH3 is 1. The molecule has 1 N–H and O–H groups in total. The maximum atomic E-state index is 11.5. The van der Waals surface area contributed by atoms with Gasteiger partial charge in [-0.05, 0) is 24.3 Å². The molecule has 3 aromatic rings. The van der Waals surface area contributed by atoms with Crippen LogP contribution in [0.25, 0.3) is 11.8 Å². The van der Waals surface area contributed by atoms with Gasteiger partial charge in [0.1, 0.15) is 21.6 Å². The Morgan fingerprint density at radius 3 is 2.70 bits per heavy atom. The third kappa shape index (κ3) is 3.02. The molecule has 1 unspecified atom stereocenters. The van der Waals surface area contributed by atoms with E-state index in [1.54, 1.807) is 43.0 Å². The smallest absolute Gasteiger partial charge is 0.289 e. The van der Waals surface area contributed by atoms with Gasteiger partial charge in [0.05, 0.1) is 7.11 Å².